The minimum Gasteiger partial charge on any atom is -0.490 e. The third-order valence-corrected chi connectivity index (χ3v) is 5.99. The van der Waals surface area contributed by atoms with Crippen LogP contribution in [-0.4, -0.2) is 27.4 Å². The summed E-state index contributed by atoms with van der Waals surface area (Å²) in [7, 11) is 0. The van der Waals surface area contributed by atoms with Crippen molar-refractivity contribution in [2.24, 2.45) is 5.10 Å². The van der Waals surface area contributed by atoms with Gasteiger partial charge in [0.15, 0.2) is 5.75 Å². The molecule has 0 aliphatic carbocycles. The molecule has 38 heavy (non-hydrogen) atoms. The smallest absolute Gasteiger partial charge is 0.315 e. The van der Waals surface area contributed by atoms with Crippen molar-refractivity contribution in [3.8, 4) is 11.5 Å². The van der Waals surface area contributed by atoms with Crippen LogP contribution in [0.15, 0.2) is 69.0 Å². The van der Waals surface area contributed by atoms with E-state index in [0.29, 0.717) is 34.3 Å². The fourth-order valence-corrected chi connectivity index (χ4v) is 4.19. The molecule has 0 aliphatic heterocycles. The first-order chi connectivity index (χ1) is 18.3. The SMILES string of the molecule is CCCc1nc2ccc(Br)cc2c(=O)n1N=Cc1cc(OCC)c(OCc2cccc(F)c2)c([N+](=O)[O-])c1. The molecule has 11 heteroatoms. The van der Waals surface area contributed by atoms with E-state index in [0.717, 1.165) is 10.9 Å². The number of hydrogen-bond donors (Lipinski definition) is 0. The van der Waals surface area contributed by atoms with Crippen molar-refractivity contribution in [2.45, 2.75) is 33.3 Å². The van der Waals surface area contributed by atoms with E-state index in [2.05, 4.69) is 26.0 Å². The van der Waals surface area contributed by atoms with Gasteiger partial charge in [-0.1, -0.05) is 35.0 Å². The summed E-state index contributed by atoms with van der Waals surface area (Å²) >= 11 is 3.38. The van der Waals surface area contributed by atoms with Crippen molar-refractivity contribution in [1.82, 2.24) is 9.66 Å². The molecule has 0 atom stereocenters. The third-order valence-electron chi connectivity index (χ3n) is 5.50. The number of nitro groups is 1. The zero-order valence-electron chi connectivity index (χ0n) is 20.7. The number of nitrogens with zero attached hydrogens (tertiary/aromatic N) is 4. The number of ether oxygens (including phenoxy) is 2. The molecule has 196 valence electrons. The summed E-state index contributed by atoms with van der Waals surface area (Å²) in [6, 6.07) is 13.8. The standard InChI is InChI=1S/C27H24BrFN4O5/c1-3-6-25-31-22-10-9-19(28)14-21(22)27(34)32(25)30-15-18-12-23(33(35)36)26(24(13-18)37-4-2)38-16-17-7-5-8-20(29)11-17/h5,7-15H,3-4,6,16H2,1-2H3. The van der Waals surface area contributed by atoms with Gasteiger partial charge in [0.2, 0.25) is 5.75 Å². The predicted octanol–water partition coefficient (Wildman–Crippen LogP) is 6.02. The van der Waals surface area contributed by atoms with Crippen LogP contribution in [-0.2, 0) is 13.0 Å². The summed E-state index contributed by atoms with van der Waals surface area (Å²) in [5.41, 5.74) is 0.677. The van der Waals surface area contributed by atoms with Gasteiger partial charge in [0, 0.05) is 22.5 Å². The van der Waals surface area contributed by atoms with Crippen LogP contribution in [0, 0.1) is 15.9 Å². The monoisotopic (exact) mass is 582 g/mol. The Bertz CT molecular complexity index is 1590. The largest absolute Gasteiger partial charge is 0.490 e. The summed E-state index contributed by atoms with van der Waals surface area (Å²) in [5.74, 6) is 0.0733. The maximum atomic E-state index is 13.6. The van der Waals surface area contributed by atoms with E-state index in [1.807, 2.05) is 13.0 Å². The Morgan fingerprint density at radius 3 is 2.68 bits per heavy atom. The first-order valence-corrected chi connectivity index (χ1v) is 12.7. The van der Waals surface area contributed by atoms with E-state index in [1.54, 1.807) is 25.1 Å². The predicted molar refractivity (Wildman–Crippen MR) is 146 cm³/mol. The van der Waals surface area contributed by atoms with Gasteiger partial charge in [-0.05, 0) is 55.3 Å². The molecule has 0 amide bonds. The normalized spacial score (nSPS) is 11.3. The fraction of sp³-hybridized carbons (Fsp3) is 0.222. The van der Waals surface area contributed by atoms with Crippen LogP contribution < -0.4 is 15.0 Å². The van der Waals surface area contributed by atoms with Crippen LogP contribution in [0.4, 0.5) is 10.1 Å². The number of hydrogen-bond acceptors (Lipinski definition) is 7. The molecule has 0 unspecified atom stereocenters. The van der Waals surface area contributed by atoms with Gasteiger partial charge >= 0.3 is 5.69 Å². The molecule has 1 heterocycles. The molecule has 0 bridgehead atoms. The molecule has 4 aromatic rings. The molecule has 0 aliphatic rings. The van der Waals surface area contributed by atoms with Gasteiger partial charge in [-0.25, -0.2) is 9.37 Å². The van der Waals surface area contributed by atoms with Gasteiger partial charge in [-0.3, -0.25) is 14.9 Å². The summed E-state index contributed by atoms with van der Waals surface area (Å²) < 4.78 is 26.9. The maximum Gasteiger partial charge on any atom is 0.315 e. The quantitative estimate of drug-likeness (QED) is 0.128. The second-order valence-corrected chi connectivity index (χ2v) is 9.19. The van der Waals surface area contributed by atoms with E-state index >= 15 is 0 Å². The summed E-state index contributed by atoms with van der Waals surface area (Å²) in [6.07, 6.45) is 2.59. The van der Waals surface area contributed by atoms with E-state index in [4.69, 9.17) is 9.47 Å². The summed E-state index contributed by atoms with van der Waals surface area (Å²) in [6.45, 7) is 3.82. The average Bonchev–Trinajstić information content (AvgIpc) is 2.88. The molecule has 0 radical (unpaired) electrons. The molecule has 0 spiro atoms. The van der Waals surface area contributed by atoms with Crippen LogP contribution in [0.5, 0.6) is 11.5 Å². The fourth-order valence-electron chi connectivity index (χ4n) is 3.83. The molecule has 0 N–H and O–H groups in total. The van der Waals surface area contributed by atoms with Crippen LogP contribution in [0.25, 0.3) is 10.9 Å². The van der Waals surface area contributed by atoms with Gasteiger partial charge < -0.3 is 9.47 Å². The van der Waals surface area contributed by atoms with Crippen molar-refractivity contribution in [2.75, 3.05) is 6.61 Å². The van der Waals surface area contributed by atoms with Crippen LogP contribution in [0.1, 0.15) is 37.2 Å². The number of benzene rings is 3. The van der Waals surface area contributed by atoms with Gasteiger partial charge in [0.1, 0.15) is 18.2 Å². The van der Waals surface area contributed by atoms with Crippen molar-refractivity contribution < 1.29 is 18.8 Å². The topological polar surface area (TPSA) is 109 Å². The van der Waals surface area contributed by atoms with E-state index in [-0.39, 0.29) is 36.0 Å². The third kappa shape index (κ3) is 6.05. The molecular weight excluding hydrogens is 559 g/mol. The van der Waals surface area contributed by atoms with Crippen LogP contribution >= 0.6 is 15.9 Å². The Morgan fingerprint density at radius 1 is 1.16 bits per heavy atom. The highest BCUT2D eigenvalue weighted by atomic mass is 79.9. The van der Waals surface area contributed by atoms with Crippen molar-refractivity contribution in [1.29, 1.82) is 0 Å². The maximum absolute atomic E-state index is 13.6. The van der Waals surface area contributed by atoms with Gasteiger partial charge in [0.05, 0.1) is 28.6 Å². The number of halogens is 2. The molecule has 0 fully saturated rings. The second-order valence-electron chi connectivity index (χ2n) is 8.28. The molecule has 4 rings (SSSR count). The van der Waals surface area contributed by atoms with Crippen molar-refractivity contribution in [3.63, 3.8) is 0 Å². The molecule has 0 saturated carbocycles. The minimum atomic E-state index is -0.593. The van der Waals surface area contributed by atoms with Gasteiger partial charge in [-0.15, -0.1) is 0 Å². The Kier molecular flexibility index (Phi) is 8.47. The molecule has 3 aromatic carbocycles. The zero-order valence-corrected chi connectivity index (χ0v) is 22.3. The molecule has 1 aromatic heterocycles. The Morgan fingerprint density at radius 2 is 1.97 bits per heavy atom. The zero-order chi connectivity index (χ0) is 27.2. The average molecular weight is 583 g/mol. The molecular formula is C27H24BrFN4O5. The summed E-state index contributed by atoms with van der Waals surface area (Å²) in [4.78, 5) is 29.2. The Balaban J connectivity index is 1.76. The van der Waals surface area contributed by atoms with E-state index in [9.17, 15) is 19.3 Å². The van der Waals surface area contributed by atoms with Gasteiger partial charge in [0.25, 0.3) is 5.56 Å². The lowest BCUT2D eigenvalue weighted by atomic mass is 10.1. The van der Waals surface area contributed by atoms with E-state index in [1.165, 1.54) is 41.2 Å². The summed E-state index contributed by atoms with van der Waals surface area (Å²) in [5, 5.41) is 16.7. The number of fused-ring (bicyclic) bond motifs is 1. The number of aromatic nitrogens is 2. The highest BCUT2D eigenvalue weighted by Gasteiger charge is 2.23. The lowest BCUT2D eigenvalue weighted by molar-refractivity contribution is -0.386. The number of nitro benzene ring substituents is 1. The molecule has 0 saturated heterocycles. The first kappa shape index (κ1) is 26.9. The van der Waals surface area contributed by atoms with Crippen molar-refractivity contribution >= 4 is 38.7 Å². The highest BCUT2D eigenvalue weighted by Crippen LogP contribution is 2.39. The van der Waals surface area contributed by atoms with E-state index < -0.39 is 10.7 Å². The number of aryl methyl sites for hydroxylation is 1. The van der Waals surface area contributed by atoms with Crippen LogP contribution in [0.3, 0.4) is 0 Å². The molecule has 9 nitrogen and oxygen atoms in total. The lowest BCUT2D eigenvalue weighted by Crippen LogP contribution is -2.22. The Labute approximate surface area is 225 Å². The van der Waals surface area contributed by atoms with Crippen LogP contribution in [0.2, 0.25) is 0 Å². The first-order valence-electron chi connectivity index (χ1n) is 11.9. The number of rotatable bonds is 10. The van der Waals surface area contributed by atoms with Gasteiger partial charge in [-0.2, -0.15) is 9.78 Å². The Hall–Kier alpha value is -4.12. The van der Waals surface area contributed by atoms with Crippen molar-refractivity contribution in [3.05, 3.63) is 102 Å². The minimum absolute atomic E-state index is 0.0840. The second kappa shape index (κ2) is 12.0. The lowest BCUT2D eigenvalue weighted by Gasteiger charge is -2.13. The highest BCUT2D eigenvalue weighted by molar-refractivity contribution is 9.10.